The van der Waals surface area contributed by atoms with Crippen LogP contribution >= 0.6 is 0 Å². The van der Waals surface area contributed by atoms with Gasteiger partial charge in [0.15, 0.2) is 0 Å². The van der Waals surface area contributed by atoms with Crippen molar-refractivity contribution in [3.05, 3.63) is 45.9 Å². The van der Waals surface area contributed by atoms with Gasteiger partial charge in [-0.3, -0.25) is 9.69 Å². The fourth-order valence-electron chi connectivity index (χ4n) is 4.07. The number of ether oxygens (including phenoxy) is 1. The van der Waals surface area contributed by atoms with Crippen molar-refractivity contribution in [1.82, 2.24) is 24.2 Å². The maximum atomic E-state index is 12.3. The highest BCUT2D eigenvalue weighted by molar-refractivity contribution is 5.11. The van der Waals surface area contributed by atoms with Gasteiger partial charge in [-0.15, -0.1) is 0 Å². The Labute approximate surface area is 166 Å². The standard InChI is InChI=1S/C21H31N5O2/c1-21(2,3)18-4-5-20(27)26(23-18)13-16-6-8-24(9-7-16)14-17-12-22-19-15-28-11-10-25(17)19/h4-5,12,16H,6-11,13-15H2,1-3H3. The highest BCUT2D eigenvalue weighted by Crippen LogP contribution is 2.22. The Kier molecular flexibility index (Phi) is 5.38. The summed E-state index contributed by atoms with van der Waals surface area (Å²) in [6.07, 6.45) is 4.19. The molecule has 7 nitrogen and oxygen atoms in total. The van der Waals surface area contributed by atoms with Gasteiger partial charge < -0.3 is 9.30 Å². The third kappa shape index (κ3) is 4.20. The second-order valence-electron chi connectivity index (χ2n) is 9.08. The number of piperidine rings is 1. The van der Waals surface area contributed by atoms with E-state index >= 15 is 0 Å². The summed E-state index contributed by atoms with van der Waals surface area (Å²) in [5, 5.41) is 4.63. The molecule has 152 valence electrons. The Bertz CT molecular complexity index is 872. The molecular formula is C21H31N5O2. The number of likely N-dealkylation sites (tertiary alicyclic amines) is 1. The van der Waals surface area contributed by atoms with Gasteiger partial charge in [-0.2, -0.15) is 5.10 Å². The third-order valence-corrected chi connectivity index (χ3v) is 5.87. The van der Waals surface area contributed by atoms with E-state index in [1.54, 1.807) is 10.7 Å². The highest BCUT2D eigenvalue weighted by atomic mass is 16.5. The average Bonchev–Trinajstić information content (AvgIpc) is 3.07. The number of imidazole rings is 1. The van der Waals surface area contributed by atoms with Gasteiger partial charge in [0.1, 0.15) is 12.4 Å². The fourth-order valence-corrected chi connectivity index (χ4v) is 4.07. The van der Waals surface area contributed by atoms with Crippen molar-refractivity contribution in [2.24, 2.45) is 5.92 Å². The molecular weight excluding hydrogens is 354 g/mol. The summed E-state index contributed by atoms with van der Waals surface area (Å²) in [6, 6.07) is 3.52. The molecule has 1 fully saturated rings. The summed E-state index contributed by atoms with van der Waals surface area (Å²) < 4.78 is 9.46. The Morgan fingerprint density at radius 1 is 1.18 bits per heavy atom. The van der Waals surface area contributed by atoms with Crippen LogP contribution in [-0.4, -0.2) is 43.9 Å². The molecule has 2 aliphatic rings. The Hall–Kier alpha value is -1.99. The molecule has 0 spiro atoms. The van der Waals surface area contributed by atoms with Gasteiger partial charge in [-0.1, -0.05) is 20.8 Å². The maximum Gasteiger partial charge on any atom is 0.266 e. The minimum absolute atomic E-state index is 0.00327. The number of nitrogens with zero attached hydrogens (tertiary/aromatic N) is 5. The van der Waals surface area contributed by atoms with Crippen LogP contribution in [0.2, 0.25) is 0 Å². The van der Waals surface area contributed by atoms with Crippen LogP contribution in [0, 0.1) is 5.92 Å². The van der Waals surface area contributed by atoms with E-state index in [9.17, 15) is 4.79 Å². The number of aromatic nitrogens is 4. The van der Waals surface area contributed by atoms with E-state index in [0.29, 0.717) is 12.5 Å². The highest BCUT2D eigenvalue weighted by Gasteiger charge is 2.23. The smallest absolute Gasteiger partial charge is 0.266 e. The number of hydrogen-bond donors (Lipinski definition) is 0. The second kappa shape index (κ2) is 7.79. The van der Waals surface area contributed by atoms with Crippen LogP contribution < -0.4 is 5.56 Å². The van der Waals surface area contributed by atoms with Gasteiger partial charge in [0.2, 0.25) is 0 Å². The first-order chi connectivity index (χ1) is 13.4. The molecule has 2 aromatic rings. The third-order valence-electron chi connectivity index (χ3n) is 5.87. The minimum atomic E-state index is -0.0474. The molecule has 7 heteroatoms. The van der Waals surface area contributed by atoms with Gasteiger partial charge in [-0.05, 0) is 37.9 Å². The van der Waals surface area contributed by atoms with E-state index in [0.717, 1.165) is 63.7 Å². The maximum absolute atomic E-state index is 12.3. The Balaban J connectivity index is 1.35. The average molecular weight is 386 g/mol. The van der Waals surface area contributed by atoms with E-state index in [1.165, 1.54) is 5.69 Å². The summed E-state index contributed by atoms with van der Waals surface area (Å²) in [5.74, 6) is 1.55. The molecule has 4 heterocycles. The molecule has 1 saturated heterocycles. The van der Waals surface area contributed by atoms with Gasteiger partial charge in [0, 0.05) is 37.3 Å². The van der Waals surface area contributed by atoms with E-state index in [1.807, 2.05) is 12.3 Å². The largest absolute Gasteiger partial charge is 0.372 e. The second-order valence-corrected chi connectivity index (χ2v) is 9.08. The van der Waals surface area contributed by atoms with Crippen molar-refractivity contribution in [3.63, 3.8) is 0 Å². The van der Waals surface area contributed by atoms with Crippen LogP contribution in [0.3, 0.4) is 0 Å². The molecule has 0 radical (unpaired) electrons. The molecule has 0 atom stereocenters. The van der Waals surface area contributed by atoms with Crippen molar-refractivity contribution in [3.8, 4) is 0 Å². The monoisotopic (exact) mass is 385 g/mol. The topological polar surface area (TPSA) is 65.2 Å². The quantitative estimate of drug-likeness (QED) is 0.807. The first kappa shape index (κ1) is 19.3. The van der Waals surface area contributed by atoms with Gasteiger partial charge in [-0.25, -0.2) is 9.67 Å². The zero-order chi connectivity index (χ0) is 19.7. The van der Waals surface area contributed by atoms with Crippen LogP contribution in [-0.2, 0) is 36.4 Å². The summed E-state index contributed by atoms with van der Waals surface area (Å²) >= 11 is 0. The summed E-state index contributed by atoms with van der Waals surface area (Å²) in [6.45, 7) is 12.4. The van der Waals surface area contributed by atoms with Crippen molar-refractivity contribution >= 4 is 0 Å². The first-order valence-electron chi connectivity index (χ1n) is 10.3. The first-order valence-corrected chi connectivity index (χ1v) is 10.3. The summed E-state index contributed by atoms with van der Waals surface area (Å²) in [4.78, 5) is 19.2. The molecule has 0 unspecified atom stereocenters. The molecule has 0 amide bonds. The van der Waals surface area contributed by atoms with E-state index in [2.05, 4.69) is 40.3 Å². The minimum Gasteiger partial charge on any atom is -0.372 e. The van der Waals surface area contributed by atoms with E-state index in [4.69, 9.17) is 4.74 Å². The van der Waals surface area contributed by atoms with Crippen molar-refractivity contribution < 1.29 is 4.74 Å². The van der Waals surface area contributed by atoms with Crippen LogP contribution in [0.25, 0.3) is 0 Å². The van der Waals surface area contributed by atoms with Gasteiger partial charge in [0.25, 0.3) is 5.56 Å². The molecule has 2 aromatic heterocycles. The summed E-state index contributed by atoms with van der Waals surface area (Å²) in [5.41, 5.74) is 2.21. The van der Waals surface area contributed by atoms with E-state index in [-0.39, 0.29) is 11.0 Å². The lowest BCUT2D eigenvalue weighted by Gasteiger charge is -2.32. The molecule has 0 bridgehead atoms. The lowest BCUT2D eigenvalue weighted by Crippen LogP contribution is -2.37. The Morgan fingerprint density at radius 2 is 1.96 bits per heavy atom. The molecule has 0 aliphatic carbocycles. The predicted octanol–water partition coefficient (Wildman–Crippen LogP) is 2.18. The molecule has 2 aliphatic heterocycles. The summed E-state index contributed by atoms with van der Waals surface area (Å²) in [7, 11) is 0. The van der Waals surface area contributed by atoms with Crippen molar-refractivity contribution in [2.75, 3.05) is 19.7 Å². The Morgan fingerprint density at radius 3 is 2.71 bits per heavy atom. The van der Waals surface area contributed by atoms with E-state index < -0.39 is 0 Å². The lowest BCUT2D eigenvalue weighted by atomic mass is 9.92. The van der Waals surface area contributed by atoms with Crippen LogP contribution in [0.15, 0.2) is 23.1 Å². The predicted molar refractivity (Wildman–Crippen MR) is 107 cm³/mol. The van der Waals surface area contributed by atoms with Gasteiger partial charge >= 0.3 is 0 Å². The molecule has 0 aromatic carbocycles. The fraction of sp³-hybridized carbons (Fsp3) is 0.667. The zero-order valence-corrected chi connectivity index (χ0v) is 17.2. The molecule has 0 saturated carbocycles. The molecule has 0 N–H and O–H groups in total. The number of fused-ring (bicyclic) bond motifs is 1. The normalized spacial score (nSPS) is 19.0. The number of rotatable bonds is 4. The molecule has 28 heavy (non-hydrogen) atoms. The van der Waals surface area contributed by atoms with Crippen molar-refractivity contribution in [2.45, 2.75) is 65.3 Å². The number of hydrogen-bond acceptors (Lipinski definition) is 5. The molecule has 4 rings (SSSR count). The zero-order valence-electron chi connectivity index (χ0n) is 17.2. The van der Waals surface area contributed by atoms with Crippen LogP contribution in [0.1, 0.15) is 50.8 Å². The lowest BCUT2D eigenvalue weighted by molar-refractivity contribution is 0.0788. The SMILES string of the molecule is CC(C)(C)c1ccc(=O)n(CC2CCN(Cc3cnc4n3CCOC4)CC2)n1. The van der Waals surface area contributed by atoms with Crippen LogP contribution in [0.5, 0.6) is 0 Å². The van der Waals surface area contributed by atoms with Crippen LogP contribution in [0.4, 0.5) is 0 Å². The van der Waals surface area contributed by atoms with Gasteiger partial charge in [0.05, 0.1) is 18.0 Å². The van der Waals surface area contributed by atoms with Crippen molar-refractivity contribution in [1.29, 1.82) is 0 Å².